The Morgan fingerprint density at radius 2 is 1.86 bits per heavy atom. The van der Waals surface area contributed by atoms with Crippen LogP contribution in [-0.2, 0) is 13.2 Å². The largest absolute Gasteiger partial charge is 0.435 e. The number of amides is 1. The number of nitrogens with one attached hydrogen (secondary N) is 1. The zero-order valence-electron chi connectivity index (χ0n) is 14.1. The van der Waals surface area contributed by atoms with Crippen LogP contribution in [0.3, 0.4) is 0 Å². The van der Waals surface area contributed by atoms with E-state index in [1.165, 1.54) is 25.2 Å². The maximum Gasteiger partial charge on any atom is 0.435 e. The molecule has 1 heterocycles. The molecule has 0 aliphatic carbocycles. The molecule has 1 amide bonds. The highest BCUT2D eigenvalue weighted by Gasteiger charge is 2.39. The van der Waals surface area contributed by atoms with Crippen LogP contribution >= 0.6 is 11.6 Å². The van der Waals surface area contributed by atoms with Crippen molar-refractivity contribution in [3.63, 3.8) is 0 Å². The molecule has 3 aromatic rings. The average molecular weight is 416 g/mol. The second kappa shape index (κ2) is 7.23. The SMILES string of the molecule is Cn1cc(C(=O)Nc2ccc(F)cc2-c2ccc(Cl)c(F)c2)c(C(F)(F)F)n1. The quantitative estimate of drug-likeness (QED) is 0.591. The van der Waals surface area contributed by atoms with Crippen LogP contribution in [-0.4, -0.2) is 15.7 Å². The van der Waals surface area contributed by atoms with Crippen molar-refractivity contribution in [2.45, 2.75) is 6.18 Å². The molecule has 0 aliphatic heterocycles. The molecule has 1 aromatic heterocycles. The van der Waals surface area contributed by atoms with Gasteiger partial charge in [-0.2, -0.15) is 18.3 Å². The molecule has 4 nitrogen and oxygen atoms in total. The van der Waals surface area contributed by atoms with Crippen LogP contribution < -0.4 is 5.32 Å². The van der Waals surface area contributed by atoms with Crippen molar-refractivity contribution in [1.82, 2.24) is 9.78 Å². The Kier molecular flexibility index (Phi) is 5.12. The van der Waals surface area contributed by atoms with Gasteiger partial charge in [-0.15, -0.1) is 0 Å². The maximum absolute atomic E-state index is 13.8. The molecule has 0 radical (unpaired) electrons. The van der Waals surface area contributed by atoms with Gasteiger partial charge in [0.15, 0.2) is 5.69 Å². The van der Waals surface area contributed by atoms with Crippen LogP contribution in [0, 0.1) is 11.6 Å². The highest BCUT2D eigenvalue weighted by atomic mass is 35.5. The molecular weight excluding hydrogens is 405 g/mol. The molecule has 3 rings (SSSR count). The predicted molar refractivity (Wildman–Crippen MR) is 93.0 cm³/mol. The summed E-state index contributed by atoms with van der Waals surface area (Å²) < 4.78 is 67.6. The molecule has 28 heavy (non-hydrogen) atoms. The summed E-state index contributed by atoms with van der Waals surface area (Å²) >= 11 is 5.63. The van der Waals surface area contributed by atoms with E-state index in [9.17, 15) is 26.7 Å². The molecule has 146 valence electrons. The molecule has 0 bridgehead atoms. The summed E-state index contributed by atoms with van der Waals surface area (Å²) in [6.07, 6.45) is -3.91. The molecule has 0 saturated carbocycles. The number of anilines is 1. The van der Waals surface area contributed by atoms with E-state index >= 15 is 0 Å². The zero-order chi connectivity index (χ0) is 20.6. The standard InChI is InChI=1S/C18H11ClF5N3O/c1-27-8-12(16(26-27)18(22,23)24)17(28)25-15-5-3-10(20)7-11(15)9-2-4-13(19)14(21)6-9/h2-8H,1H3,(H,25,28). The first-order valence-electron chi connectivity index (χ1n) is 7.73. The average Bonchev–Trinajstić information content (AvgIpc) is 3.01. The van der Waals surface area contributed by atoms with Crippen molar-refractivity contribution in [2.24, 2.45) is 7.05 Å². The molecule has 0 aliphatic rings. The van der Waals surface area contributed by atoms with Crippen molar-refractivity contribution >= 4 is 23.2 Å². The van der Waals surface area contributed by atoms with Gasteiger partial charge >= 0.3 is 6.18 Å². The van der Waals surface area contributed by atoms with Crippen LogP contribution in [0.2, 0.25) is 5.02 Å². The van der Waals surface area contributed by atoms with E-state index in [0.29, 0.717) is 0 Å². The fraction of sp³-hybridized carbons (Fsp3) is 0.111. The smallest absolute Gasteiger partial charge is 0.321 e. The number of alkyl halides is 3. The van der Waals surface area contributed by atoms with E-state index in [1.807, 2.05) is 0 Å². The van der Waals surface area contributed by atoms with E-state index in [1.54, 1.807) is 0 Å². The molecule has 10 heteroatoms. The van der Waals surface area contributed by atoms with Gasteiger partial charge in [0.05, 0.1) is 10.6 Å². The number of hydrogen-bond acceptors (Lipinski definition) is 2. The molecule has 0 unspecified atom stereocenters. The summed E-state index contributed by atoms with van der Waals surface area (Å²) in [6, 6.07) is 6.86. The second-order valence-corrected chi connectivity index (χ2v) is 6.24. The summed E-state index contributed by atoms with van der Waals surface area (Å²) in [7, 11) is 1.24. The number of nitrogens with zero attached hydrogens (tertiary/aromatic N) is 2. The minimum atomic E-state index is -4.83. The molecule has 0 saturated heterocycles. The van der Waals surface area contributed by atoms with Gasteiger partial charge in [0.25, 0.3) is 5.91 Å². The fourth-order valence-corrected chi connectivity index (χ4v) is 2.70. The number of hydrogen-bond donors (Lipinski definition) is 1. The first-order chi connectivity index (χ1) is 13.1. The summed E-state index contributed by atoms with van der Waals surface area (Å²) in [4.78, 5) is 12.4. The summed E-state index contributed by atoms with van der Waals surface area (Å²) in [6.45, 7) is 0. The molecule has 2 aromatic carbocycles. The van der Waals surface area contributed by atoms with Crippen molar-refractivity contribution < 1.29 is 26.7 Å². The number of aromatic nitrogens is 2. The Morgan fingerprint density at radius 3 is 2.50 bits per heavy atom. The molecule has 0 fully saturated rings. The molecular formula is C18H11ClF5N3O. The number of halogens is 6. The third-order valence-corrected chi connectivity index (χ3v) is 4.11. The number of aryl methyl sites for hydroxylation is 1. The summed E-state index contributed by atoms with van der Waals surface area (Å²) in [5.41, 5.74) is -1.81. The van der Waals surface area contributed by atoms with Crippen molar-refractivity contribution in [2.75, 3.05) is 5.32 Å². The van der Waals surface area contributed by atoms with E-state index in [0.717, 1.165) is 29.1 Å². The monoisotopic (exact) mass is 415 g/mol. The Labute approximate surface area is 160 Å². The topological polar surface area (TPSA) is 46.9 Å². The van der Waals surface area contributed by atoms with Gasteiger partial charge in [0.1, 0.15) is 11.6 Å². The molecule has 0 atom stereocenters. The van der Waals surface area contributed by atoms with E-state index in [-0.39, 0.29) is 21.8 Å². The first kappa shape index (κ1) is 19.8. The Balaban J connectivity index is 2.02. The Morgan fingerprint density at radius 1 is 1.14 bits per heavy atom. The van der Waals surface area contributed by atoms with Crippen molar-refractivity contribution in [3.8, 4) is 11.1 Å². The summed E-state index contributed by atoms with van der Waals surface area (Å²) in [5, 5.41) is 5.41. The molecule has 0 spiro atoms. The van der Waals surface area contributed by atoms with Gasteiger partial charge in [-0.25, -0.2) is 8.78 Å². The first-order valence-corrected chi connectivity index (χ1v) is 8.11. The predicted octanol–water partition coefficient (Wildman–Crippen LogP) is 5.29. The minimum absolute atomic E-state index is 0.00917. The zero-order valence-corrected chi connectivity index (χ0v) is 14.9. The number of rotatable bonds is 3. The van der Waals surface area contributed by atoms with Crippen molar-refractivity contribution in [1.29, 1.82) is 0 Å². The number of carbonyl (C=O) groups excluding carboxylic acids is 1. The lowest BCUT2D eigenvalue weighted by atomic mass is 10.0. The van der Waals surface area contributed by atoms with Gasteiger partial charge < -0.3 is 5.32 Å². The van der Waals surface area contributed by atoms with Crippen LogP contribution in [0.1, 0.15) is 16.1 Å². The van der Waals surface area contributed by atoms with Gasteiger partial charge in [-0.05, 0) is 35.9 Å². The van der Waals surface area contributed by atoms with E-state index in [2.05, 4.69) is 10.4 Å². The normalized spacial score (nSPS) is 11.5. The van der Waals surface area contributed by atoms with Crippen LogP contribution in [0.4, 0.5) is 27.6 Å². The highest BCUT2D eigenvalue weighted by Crippen LogP contribution is 2.33. The van der Waals surface area contributed by atoms with Crippen LogP contribution in [0.25, 0.3) is 11.1 Å². The van der Waals surface area contributed by atoms with E-state index in [4.69, 9.17) is 11.6 Å². The van der Waals surface area contributed by atoms with E-state index < -0.39 is 35.0 Å². The lowest BCUT2D eigenvalue weighted by molar-refractivity contribution is -0.141. The van der Waals surface area contributed by atoms with Crippen molar-refractivity contribution in [3.05, 3.63) is 70.5 Å². The third-order valence-electron chi connectivity index (χ3n) is 3.80. The number of carbonyl (C=O) groups is 1. The Bertz CT molecular complexity index is 1060. The lowest BCUT2D eigenvalue weighted by Crippen LogP contribution is -2.18. The highest BCUT2D eigenvalue weighted by molar-refractivity contribution is 6.30. The van der Waals surface area contributed by atoms with Gasteiger partial charge in [-0.1, -0.05) is 17.7 Å². The minimum Gasteiger partial charge on any atom is -0.321 e. The Hall–Kier alpha value is -2.94. The van der Waals surface area contributed by atoms with Gasteiger partial charge in [0, 0.05) is 24.5 Å². The lowest BCUT2D eigenvalue weighted by Gasteiger charge is -2.13. The maximum atomic E-state index is 13.8. The fourth-order valence-electron chi connectivity index (χ4n) is 2.58. The van der Waals surface area contributed by atoms with Gasteiger partial charge in [-0.3, -0.25) is 9.48 Å². The van der Waals surface area contributed by atoms with Crippen LogP contribution in [0.5, 0.6) is 0 Å². The number of benzene rings is 2. The van der Waals surface area contributed by atoms with Crippen LogP contribution in [0.15, 0.2) is 42.6 Å². The summed E-state index contributed by atoms with van der Waals surface area (Å²) in [5.74, 6) is -2.55. The van der Waals surface area contributed by atoms with Gasteiger partial charge in [0.2, 0.25) is 0 Å². The third kappa shape index (κ3) is 3.99. The molecule has 1 N–H and O–H groups in total. The second-order valence-electron chi connectivity index (χ2n) is 5.84.